The Balaban J connectivity index is 1.36. The number of carbonyl (C=O) groups excluding carboxylic acids is 1. The monoisotopic (exact) mass is 437 g/mol. The van der Waals surface area contributed by atoms with E-state index in [1.165, 1.54) is 19.3 Å². The third-order valence-electron chi connectivity index (χ3n) is 5.66. The lowest BCUT2D eigenvalue weighted by Crippen LogP contribution is -2.19. The maximum absolute atomic E-state index is 12.7. The maximum Gasteiger partial charge on any atom is 0.255 e. The van der Waals surface area contributed by atoms with Gasteiger partial charge in [0.15, 0.2) is 0 Å². The summed E-state index contributed by atoms with van der Waals surface area (Å²) < 4.78 is 7.17. The van der Waals surface area contributed by atoms with E-state index in [2.05, 4.69) is 24.3 Å². The number of fused-ring (bicyclic) bond motifs is 1. The zero-order valence-corrected chi connectivity index (χ0v) is 19.2. The summed E-state index contributed by atoms with van der Waals surface area (Å²) in [4.78, 5) is 19.6. The molecule has 0 spiro atoms. The third kappa shape index (κ3) is 6.05. The number of anilines is 1. The number of aryl methyl sites for hydroxylation is 1. The summed E-state index contributed by atoms with van der Waals surface area (Å²) >= 11 is 1.71. The third-order valence-corrected chi connectivity index (χ3v) is 6.74. The first-order chi connectivity index (χ1) is 15.1. The summed E-state index contributed by atoms with van der Waals surface area (Å²) in [5, 5.41) is 4.16. The van der Waals surface area contributed by atoms with Crippen molar-refractivity contribution in [1.82, 2.24) is 9.88 Å². The summed E-state index contributed by atoms with van der Waals surface area (Å²) in [6.45, 7) is 1.06. The first-order valence-corrected chi connectivity index (χ1v) is 12.0. The lowest BCUT2D eigenvalue weighted by atomic mass is 9.98. The fourth-order valence-electron chi connectivity index (χ4n) is 3.97. The van der Waals surface area contributed by atoms with Crippen molar-refractivity contribution in [3.8, 4) is 5.75 Å². The van der Waals surface area contributed by atoms with Gasteiger partial charge < -0.3 is 15.0 Å². The van der Waals surface area contributed by atoms with Crippen LogP contribution < -0.4 is 10.1 Å². The molecule has 5 nitrogen and oxygen atoms in total. The number of hydrogen-bond acceptors (Lipinski definition) is 5. The SMILES string of the molecule is CN(C)CCCc1nc2ccc(NC(=O)c3ccc(OC4CCCCC4)cc3)cc2s1. The molecule has 0 radical (unpaired) electrons. The van der Waals surface area contributed by atoms with E-state index < -0.39 is 0 Å². The molecule has 0 atom stereocenters. The molecule has 0 unspecified atom stereocenters. The van der Waals surface area contributed by atoms with E-state index >= 15 is 0 Å². The van der Waals surface area contributed by atoms with Crippen LogP contribution in [0.5, 0.6) is 5.75 Å². The van der Waals surface area contributed by atoms with E-state index in [1.807, 2.05) is 42.5 Å². The number of ether oxygens (including phenoxy) is 1. The minimum atomic E-state index is -0.112. The van der Waals surface area contributed by atoms with Gasteiger partial charge in [0.25, 0.3) is 5.91 Å². The van der Waals surface area contributed by atoms with Gasteiger partial charge in [0.1, 0.15) is 5.75 Å². The molecule has 1 heterocycles. The predicted octanol–water partition coefficient (Wildman–Crippen LogP) is 5.75. The summed E-state index contributed by atoms with van der Waals surface area (Å²) in [6.07, 6.45) is 8.43. The molecule has 4 rings (SSSR count). The summed E-state index contributed by atoms with van der Waals surface area (Å²) in [5.74, 6) is 0.732. The largest absolute Gasteiger partial charge is 0.490 e. The highest BCUT2D eigenvalue weighted by Gasteiger charge is 2.15. The van der Waals surface area contributed by atoms with E-state index in [9.17, 15) is 4.79 Å². The molecule has 0 bridgehead atoms. The van der Waals surface area contributed by atoms with Crippen LogP contribution in [0.25, 0.3) is 10.2 Å². The second kappa shape index (κ2) is 10.2. The van der Waals surface area contributed by atoms with Crippen molar-refractivity contribution in [3.05, 3.63) is 53.0 Å². The number of rotatable bonds is 8. The molecule has 2 aromatic carbocycles. The second-order valence-corrected chi connectivity index (χ2v) is 9.67. The van der Waals surface area contributed by atoms with Gasteiger partial charge in [-0.3, -0.25) is 4.79 Å². The minimum absolute atomic E-state index is 0.112. The van der Waals surface area contributed by atoms with Crippen LogP contribution >= 0.6 is 11.3 Å². The quantitative estimate of drug-likeness (QED) is 0.487. The van der Waals surface area contributed by atoms with Crippen molar-refractivity contribution < 1.29 is 9.53 Å². The lowest BCUT2D eigenvalue weighted by Gasteiger charge is -2.23. The van der Waals surface area contributed by atoms with Gasteiger partial charge in [-0.05, 0) is 95.2 Å². The van der Waals surface area contributed by atoms with Crippen molar-refractivity contribution in [2.24, 2.45) is 0 Å². The van der Waals surface area contributed by atoms with E-state index in [4.69, 9.17) is 9.72 Å². The van der Waals surface area contributed by atoms with Crippen LogP contribution in [0.2, 0.25) is 0 Å². The van der Waals surface area contributed by atoms with Gasteiger partial charge >= 0.3 is 0 Å². The Kier molecular flexibility index (Phi) is 7.20. The minimum Gasteiger partial charge on any atom is -0.490 e. The Morgan fingerprint density at radius 3 is 2.65 bits per heavy atom. The summed E-state index contributed by atoms with van der Waals surface area (Å²) in [5.41, 5.74) is 2.42. The van der Waals surface area contributed by atoms with Gasteiger partial charge in [0.05, 0.1) is 21.3 Å². The molecule has 1 fully saturated rings. The first-order valence-electron chi connectivity index (χ1n) is 11.2. The van der Waals surface area contributed by atoms with Gasteiger partial charge in [-0.1, -0.05) is 6.42 Å². The summed E-state index contributed by atoms with van der Waals surface area (Å²) in [7, 11) is 4.18. The van der Waals surface area contributed by atoms with Gasteiger partial charge in [-0.15, -0.1) is 11.3 Å². The number of amides is 1. The Labute approximate surface area is 188 Å². The number of nitrogens with one attached hydrogen (secondary N) is 1. The molecule has 1 aromatic heterocycles. The van der Waals surface area contributed by atoms with Crippen molar-refractivity contribution in [2.75, 3.05) is 26.0 Å². The Bertz CT molecular complexity index is 1010. The molecule has 164 valence electrons. The van der Waals surface area contributed by atoms with E-state index in [0.717, 1.165) is 58.9 Å². The standard InChI is InChI=1S/C25H31N3O2S/c1-28(2)16-6-9-24-27-22-15-12-19(17-23(22)31-24)26-25(29)18-10-13-21(14-11-18)30-20-7-4-3-5-8-20/h10-15,17,20H,3-9,16H2,1-2H3,(H,26,29). The predicted molar refractivity (Wildman–Crippen MR) is 128 cm³/mol. The van der Waals surface area contributed by atoms with Crippen molar-refractivity contribution in [1.29, 1.82) is 0 Å². The zero-order valence-electron chi connectivity index (χ0n) is 18.4. The van der Waals surface area contributed by atoms with Crippen LogP contribution in [0.15, 0.2) is 42.5 Å². The summed E-state index contributed by atoms with van der Waals surface area (Å²) in [6, 6.07) is 13.4. The molecule has 0 saturated heterocycles. The van der Waals surface area contributed by atoms with Crippen LogP contribution in [0.4, 0.5) is 5.69 Å². The number of thiazole rings is 1. The normalized spacial score (nSPS) is 14.8. The molecule has 0 aliphatic heterocycles. The lowest BCUT2D eigenvalue weighted by molar-refractivity contribution is 0.102. The molecule has 31 heavy (non-hydrogen) atoms. The van der Waals surface area contributed by atoms with Gasteiger partial charge in [-0.25, -0.2) is 4.98 Å². The van der Waals surface area contributed by atoms with Crippen LogP contribution in [-0.4, -0.2) is 42.5 Å². The van der Waals surface area contributed by atoms with Gasteiger partial charge in [0.2, 0.25) is 0 Å². The van der Waals surface area contributed by atoms with Gasteiger partial charge in [0, 0.05) is 17.7 Å². The van der Waals surface area contributed by atoms with Crippen molar-refractivity contribution in [3.63, 3.8) is 0 Å². The fraction of sp³-hybridized carbons (Fsp3) is 0.440. The highest BCUT2D eigenvalue weighted by Crippen LogP contribution is 2.27. The molecule has 1 amide bonds. The van der Waals surface area contributed by atoms with E-state index in [0.29, 0.717) is 11.7 Å². The van der Waals surface area contributed by atoms with Crippen molar-refractivity contribution in [2.45, 2.75) is 51.0 Å². The Hall–Kier alpha value is -2.44. The molecule has 6 heteroatoms. The highest BCUT2D eigenvalue weighted by atomic mass is 32.1. The van der Waals surface area contributed by atoms with Gasteiger partial charge in [-0.2, -0.15) is 0 Å². The number of carbonyl (C=O) groups is 1. The van der Waals surface area contributed by atoms with Crippen LogP contribution in [-0.2, 0) is 6.42 Å². The molecule has 1 aliphatic carbocycles. The fourth-order valence-corrected chi connectivity index (χ4v) is 5.02. The molecule has 1 saturated carbocycles. The van der Waals surface area contributed by atoms with Crippen molar-refractivity contribution >= 4 is 33.1 Å². The number of nitrogens with zero attached hydrogens (tertiary/aromatic N) is 2. The molecular weight excluding hydrogens is 406 g/mol. The molecule has 1 N–H and O–H groups in total. The van der Waals surface area contributed by atoms with Crippen LogP contribution in [0.3, 0.4) is 0 Å². The Morgan fingerprint density at radius 2 is 1.90 bits per heavy atom. The number of aromatic nitrogens is 1. The smallest absolute Gasteiger partial charge is 0.255 e. The molecule has 1 aliphatic rings. The highest BCUT2D eigenvalue weighted by molar-refractivity contribution is 7.18. The Morgan fingerprint density at radius 1 is 1.13 bits per heavy atom. The van der Waals surface area contributed by atoms with Crippen LogP contribution in [0.1, 0.15) is 53.9 Å². The van der Waals surface area contributed by atoms with E-state index in [-0.39, 0.29) is 5.91 Å². The topological polar surface area (TPSA) is 54.5 Å². The first kappa shape index (κ1) is 21.8. The number of hydrogen-bond donors (Lipinski definition) is 1. The second-order valence-electron chi connectivity index (χ2n) is 8.55. The molecule has 3 aromatic rings. The average molecular weight is 438 g/mol. The van der Waals surface area contributed by atoms with Crippen LogP contribution in [0, 0.1) is 0 Å². The number of benzene rings is 2. The average Bonchev–Trinajstić information content (AvgIpc) is 3.16. The maximum atomic E-state index is 12.7. The van der Waals surface area contributed by atoms with E-state index in [1.54, 1.807) is 11.3 Å². The molecular formula is C25H31N3O2S. The zero-order chi connectivity index (χ0) is 21.6.